The zero-order valence-electron chi connectivity index (χ0n) is 16.4. The third-order valence-electron chi connectivity index (χ3n) is 3.46. The normalized spacial score (nSPS) is 14.4. The number of unbranched alkanes of at least 4 members (excludes halogenated alkanes) is 4. The molecule has 2 unspecified atom stereocenters. The fraction of sp³-hybridized carbons (Fsp3) is 0.882. The summed E-state index contributed by atoms with van der Waals surface area (Å²) in [6.07, 6.45) is 4.99. The Labute approximate surface area is 161 Å². The number of hydrogen-bond acceptors (Lipinski definition) is 8. The molecular formula is C17H34NO8P. The molecule has 0 aromatic heterocycles. The minimum absolute atomic E-state index is 0.0546. The molecule has 0 saturated carbocycles. The number of carbonyl (C=O) groups is 2. The van der Waals surface area contributed by atoms with E-state index in [9.17, 15) is 19.0 Å². The van der Waals surface area contributed by atoms with Gasteiger partial charge in [-0.3, -0.25) is 18.6 Å². The van der Waals surface area contributed by atoms with Crippen molar-refractivity contribution < 1.29 is 37.6 Å². The van der Waals surface area contributed by atoms with Crippen LogP contribution in [-0.2, 0) is 32.7 Å². The Morgan fingerprint density at radius 1 is 0.963 bits per heavy atom. The number of nitrogens with two attached hydrogens (primary N) is 1. The van der Waals surface area contributed by atoms with Gasteiger partial charge < -0.3 is 20.1 Å². The lowest BCUT2D eigenvalue weighted by Crippen LogP contribution is -2.29. The van der Waals surface area contributed by atoms with Crippen LogP contribution in [0.25, 0.3) is 0 Å². The molecule has 2 atom stereocenters. The van der Waals surface area contributed by atoms with Crippen LogP contribution in [0.2, 0.25) is 0 Å². The zero-order chi connectivity index (χ0) is 20.5. The summed E-state index contributed by atoms with van der Waals surface area (Å²) in [5.41, 5.74) is 5.20. The Balaban J connectivity index is 4.47. The van der Waals surface area contributed by atoms with Crippen molar-refractivity contribution in [2.45, 2.75) is 71.3 Å². The van der Waals surface area contributed by atoms with Gasteiger partial charge in [0.05, 0.1) is 13.2 Å². The molecule has 0 heterocycles. The Kier molecular flexibility index (Phi) is 15.4. The van der Waals surface area contributed by atoms with E-state index < -0.39 is 32.5 Å². The van der Waals surface area contributed by atoms with Gasteiger partial charge in [-0.25, -0.2) is 4.57 Å². The van der Waals surface area contributed by atoms with E-state index in [1.54, 1.807) is 0 Å². The van der Waals surface area contributed by atoms with Crippen LogP contribution < -0.4 is 5.73 Å². The van der Waals surface area contributed by atoms with Crippen molar-refractivity contribution >= 4 is 19.8 Å². The Morgan fingerprint density at radius 3 is 2.30 bits per heavy atom. The van der Waals surface area contributed by atoms with Crippen LogP contribution in [0.15, 0.2) is 0 Å². The first-order chi connectivity index (χ1) is 12.8. The van der Waals surface area contributed by atoms with Crippen LogP contribution in [0.1, 0.15) is 65.2 Å². The van der Waals surface area contributed by atoms with E-state index in [2.05, 4.69) is 11.4 Å². The highest BCUT2D eigenvalue weighted by Crippen LogP contribution is 2.43. The fourth-order valence-corrected chi connectivity index (χ4v) is 2.84. The summed E-state index contributed by atoms with van der Waals surface area (Å²) < 4.78 is 31.4. The molecule has 27 heavy (non-hydrogen) atoms. The molecule has 3 N–H and O–H groups in total. The van der Waals surface area contributed by atoms with Crippen molar-refractivity contribution in [2.75, 3.05) is 26.4 Å². The highest BCUT2D eigenvalue weighted by molar-refractivity contribution is 7.47. The van der Waals surface area contributed by atoms with Gasteiger partial charge in [-0.15, -0.1) is 0 Å². The highest BCUT2D eigenvalue weighted by atomic mass is 31.2. The fourth-order valence-electron chi connectivity index (χ4n) is 2.08. The van der Waals surface area contributed by atoms with Gasteiger partial charge in [-0.2, -0.15) is 0 Å². The topological polar surface area (TPSA) is 134 Å². The molecule has 0 aliphatic carbocycles. The molecule has 0 saturated heterocycles. The largest absolute Gasteiger partial charge is 0.472 e. The molecule has 0 spiro atoms. The van der Waals surface area contributed by atoms with E-state index >= 15 is 0 Å². The van der Waals surface area contributed by atoms with Crippen molar-refractivity contribution in [1.29, 1.82) is 0 Å². The van der Waals surface area contributed by atoms with Crippen LogP contribution in [0.3, 0.4) is 0 Å². The summed E-state index contributed by atoms with van der Waals surface area (Å²) in [4.78, 5) is 33.0. The number of hydrogen-bond donors (Lipinski definition) is 2. The number of rotatable bonds is 17. The van der Waals surface area contributed by atoms with Gasteiger partial charge in [-0.05, 0) is 12.8 Å². The van der Waals surface area contributed by atoms with Crippen LogP contribution >= 0.6 is 7.82 Å². The number of carbonyl (C=O) groups excluding carboxylic acids is 2. The summed E-state index contributed by atoms with van der Waals surface area (Å²) in [7, 11) is -4.31. The van der Waals surface area contributed by atoms with E-state index in [0.29, 0.717) is 12.8 Å². The highest BCUT2D eigenvalue weighted by Gasteiger charge is 2.25. The molecule has 0 aliphatic rings. The number of ether oxygens (including phenoxy) is 2. The maximum atomic E-state index is 12.0. The lowest BCUT2D eigenvalue weighted by atomic mass is 10.1. The quantitative estimate of drug-likeness (QED) is 0.210. The van der Waals surface area contributed by atoms with Gasteiger partial charge in [0.15, 0.2) is 6.10 Å². The minimum atomic E-state index is -4.31. The summed E-state index contributed by atoms with van der Waals surface area (Å²) >= 11 is 0. The van der Waals surface area contributed by atoms with Gasteiger partial charge in [0.2, 0.25) is 0 Å². The lowest BCUT2D eigenvalue weighted by Gasteiger charge is -2.19. The maximum absolute atomic E-state index is 12.0. The van der Waals surface area contributed by atoms with E-state index in [1.165, 1.54) is 0 Å². The molecule has 0 fully saturated rings. The van der Waals surface area contributed by atoms with Gasteiger partial charge in [-0.1, -0.05) is 39.5 Å². The average molecular weight is 411 g/mol. The first kappa shape index (κ1) is 26.0. The zero-order valence-corrected chi connectivity index (χ0v) is 17.3. The lowest BCUT2D eigenvalue weighted by molar-refractivity contribution is -0.161. The minimum Gasteiger partial charge on any atom is -0.462 e. The van der Waals surface area contributed by atoms with Crippen LogP contribution in [0.4, 0.5) is 0 Å². The Hall–Kier alpha value is -0.990. The molecule has 0 amide bonds. The molecule has 10 heteroatoms. The molecule has 0 aliphatic heterocycles. The summed E-state index contributed by atoms with van der Waals surface area (Å²) in [5.74, 6) is -0.910. The first-order valence-corrected chi connectivity index (χ1v) is 11.0. The van der Waals surface area contributed by atoms with E-state index in [-0.39, 0.29) is 32.6 Å². The average Bonchev–Trinajstić information content (AvgIpc) is 2.62. The summed E-state index contributed by atoms with van der Waals surface area (Å²) in [5, 5.41) is 0. The predicted octanol–water partition coefficient (Wildman–Crippen LogP) is 2.69. The van der Waals surface area contributed by atoms with E-state index in [0.717, 1.165) is 25.7 Å². The second kappa shape index (κ2) is 16.0. The number of phosphoric acid groups is 1. The molecule has 9 nitrogen and oxygen atoms in total. The SMILES string of the molecule is CCCCCCCC(=O)OC(COC(=O)CCC)COP(=O)(O)OCCN. The predicted molar refractivity (Wildman–Crippen MR) is 99.9 cm³/mol. The smallest absolute Gasteiger partial charge is 0.462 e. The van der Waals surface area contributed by atoms with Crippen molar-refractivity contribution in [1.82, 2.24) is 0 Å². The van der Waals surface area contributed by atoms with Gasteiger partial charge in [0, 0.05) is 19.4 Å². The van der Waals surface area contributed by atoms with E-state index in [1.807, 2.05) is 6.92 Å². The molecular weight excluding hydrogens is 377 g/mol. The second-order valence-corrected chi connectivity index (χ2v) is 7.55. The van der Waals surface area contributed by atoms with Crippen molar-refractivity contribution in [2.24, 2.45) is 5.73 Å². The Bertz CT molecular complexity index is 460. The third-order valence-corrected chi connectivity index (χ3v) is 4.45. The first-order valence-electron chi connectivity index (χ1n) is 9.51. The molecule has 0 rings (SSSR count). The maximum Gasteiger partial charge on any atom is 0.472 e. The van der Waals surface area contributed by atoms with Crippen molar-refractivity contribution in [3.8, 4) is 0 Å². The standard InChI is InChI=1S/C17H34NO8P/c1-3-5-6-7-8-10-17(20)26-15(13-23-16(19)9-4-2)14-25-27(21,22)24-12-11-18/h15H,3-14,18H2,1-2H3,(H,21,22). The number of phosphoric ester groups is 1. The van der Waals surface area contributed by atoms with Crippen LogP contribution in [0.5, 0.6) is 0 Å². The van der Waals surface area contributed by atoms with E-state index in [4.69, 9.17) is 19.7 Å². The molecule has 160 valence electrons. The van der Waals surface area contributed by atoms with Crippen LogP contribution in [-0.4, -0.2) is 49.3 Å². The summed E-state index contributed by atoms with van der Waals surface area (Å²) in [6, 6.07) is 0. The monoisotopic (exact) mass is 411 g/mol. The Morgan fingerprint density at radius 2 is 1.67 bits per heavy atom. The second-order valence-electron chi connectivity index (χ2n) is 6.10. The third kappa shape index (κ3) is 15.7. The van der Waals surface area contributed by atoms with Crippen molar-refractivity contribution in [3.05, 3.63) is 0 Å². The molecule has 0 aromatic carbocycles. The number of esters is 2. The molecule has 0 bridgehead atoms. The summed E-state index contributed by atoms with van der Waals surface area (Å²) in [6.45, 7) is 3.16. The van der Waals surface area contributed by atoms with Gasteiger partial charge in [0.25, 0.3) is 0 Å². The molecule has 0 radical (unpaired) electrons. The van der Waals surface area contributed by atoms with Crippen LogP contribution in [0, 0.1) is 0 Å². The van der Waals surface area contributed by atoms with Crippen molar-refractivity contribution in [3.63, 3.8) is 0 Å². The van der Waals surface area contributed by atoms with Gasteiger partial charge >= 0.3 is 19.8 Å². The molecule has 0 aromatic rings. The van der Waals surface area contributed by atoms with Gasteiger partial charge in [0.1, 0.15) is 6.61 Å².